The number of hydrogen-bond donors (Lipinski definition) is 1. The monoisotopic (exact) mass is 461 g/mol. The summed E-state index contributed by atoms with van der Waals surface area (Å²) in [4.78, 5) is 38.2. The summed E-state index contributed by atoms with van der Waals surface area (Å²) in [6, 6.07) is 18.2. The van der Waals surface area contributed by atoms with Gasteiger partial charge in [-0.2, -0.15) is 0 Å². The molecule has 9 heteroatoms. The molecule has 1 N–H and O–H groups in total. The first-order valence-electron chi connectivity index (χ1n) is 10.5. The number of nitro groups is 1. The van der Waals surface area contributed by atoms with E-state index in [0.717, 1.165) is 0 Å². The third-order valence-corrected chi connectivity index (χ3v) is 5.68. The Morgan fingerprint density at radius 3 is 2.47 bits per heavy atom. The predicted molar refractivity (Wildman–Crippen MR) is 127 cm³/mol. The molecule has 2 amide bonds. The van der Waals surface area contributed by atoms with E-state index in [0.29, 0.717) is 34.0 Å². The summed E-state index contributed by atoms with van der Waals surface area (Å²) in [6.45, 7) is 2.95. The van der Waals surface area contributed by atoms with Gasteiger partial charge in [-0.15, -0.1) is 0 Å². The second-order valence-corrected chi connectivity index (χ2v) is 8.21. The molecule has 4 rings (SSSR count). The van der Waals surface area contributed by atoms with Crippen LogP contribution in [0.2, 0.25) is 0 Å². The lowest BCUT2D eigenvalue weighted by Gasteiger charge is -2.41. The molecular weight excluding hydrogens is 438 g/mol. The van der Waals surface area contributed by atoms with Crippen LogP contribution in [0.3, 0.4) is 0 Å². The number of rotatable bonds is 6. The minimum atomic E-state index is -1.14. The van der Waals surface area contributed by atoms with Crippen molar-refractivity contribution < 1.29 is 24.0 Å². The van der Waals surface area contributed by atoms with Crippen LogP contribution in [0, 0.1) is 10.1 Å². The Kier molecular flexibility index (Phi) is 5.93. The number of hydrogen-bond acceptors (Lipinski definition) is 6. The molecule has 0 atom stereocenters. The number of amides is 2. The van der Waals surface area contributed by atoms with Crippen LogP contribution in [0.4, 0.5) is 17.1 Å². The van der Waals surface area contributed by atoms with E-state index in [-0.39, 0.29) is 18.2 Å². The summed E-state index contributed by atoms with van der Waals surface area (Å²) in [5.41, 5.74) is 0.987. The average Bonchev–Trinajstić information content (AvgIpc) is 2.83. The van der Waals surface area contributed by atoms with Crippen LogP contribution in [-0.2, 0) is 9.59 Å². The molecular formula is C25H23N3O6. The molecule has 174 valence electrons. The molecule has 0 fully saturated rings. The van der Waals surface area contributed by atoms with E-state index in [1.165, 1.54) is 23.1 Å². The minimum absolute atomic E-state index is 0.104. The number of non-ortho nitro benzene ring substituents is 1. The summed E-state index contributed by atoms with van der Waals surface area (Å²) in [7, 11) is 1.54. The van der Waals surface area contributed by atoms with E-state index in [1.54, 1.807) is 69.5 Å². The van der Waals surface area contributed by atoms with Gasteiger partial charge in [0.1, 0.15) is 17.0 Å². The highest BCUT2D eigenvalue weighted by Gasteiger charge is 2.43. The molecule has 0 aromatic heterocycles. The smallest absolute Gasteiger partial charge is 0.270 e. The second kappa shape index (κ2) is 8.86. The van der Waals surface area contributed by atoms with Gasteiger partial charge in [0.2, 0.25) is 5.91 Å². The Hall–Kier alpha value is -4.40. The quantitative estimate of drug-likeness (QED) is 0.430. The Bertz CT molecular complexity index is 1270. The molecule has 0 radical (unpaired) electrons. The van der Waals surface area contributed by atoms with Crippen molar-refractivity contribution >= 4 is 28.9 Å². The normalized spacial score (nSPS) is 14.1. The first-order valence-corrected chi connectivity index (χ1v) is 10.5. The molecule has 0 spiro atoms. The lowest BCUT2D eigenvalue weighted by molar-refractivity contribution is -0.384. The van der Waals surface area contributed by atoms with Crippen LogP contribution in [0.25, 0.3) is 11.1 Å². The zero-order chi connectivity index (χ0) is 24.5. The summed E-state index contributed by atoms with van der Waals surface area (Å²) in [5.74, 6) is 0.202. The van der Waals surface area contributed by atoms with Crippen molar-refractivity contribution in [2.24, 2.45) is 0 Å². The van der Waals surface area contributed by atoms with Crippen LogP contribution >= 0.6 is 0 Å². The van der Waals surface area contributed by atoms with Crippen molar-refractivity contribution in [3.8, 4) is 22.6 Å². The number of nitrogens with one attached hydrogen (secondary N) is 1. The Morgan fingerprint density at radius 1 is 1.09 bits per heavy atom. The zero-order valence-corrected chi connectivity index (χ0v) is 18.9. The van der Waals surface area contributed by atoms with E-state index >= 15 is 0 Å². The lowest BCUT2D eigenvalue weighted by Crippen LogP contribution is -2.59. The van der Waals surface area contributed by atoms with Gasteiger partial charge in [0.05, 0.1) is 23.4 Å². The van der Waals surface area contributed by atoms with E-state index in [9.17, 15) is 19.7 Å². The van der Waals surface area contributed by atoms with Crippen molar-refractivity contribution in [1.82, 2.24) is 0 Å². The molecule has 3 aromatic carbocycles. The maximum atomic E-state index is 13.3. The maximum Gasteiger partial charge on any atom is 0.270 e. The van der Waals surface area contributed by atoms with E-state index < -0.39 is 16.4 Å². The van der Waals surface area contributed by atoms with Crippen molar-refractivity contribution in [3.05, 3.63) is 76.8 Å². The molecule has 1 heterocycles. The fourth-order valence-corrected chi connectivity index (χ4v) is 3.86. The molecule has 1 aliphatic rings. The lowest BCUT2D eigenvalue weighted by atomic mass is 9.96. The predicted octanol–water partition coefficient (Wildman–Crippen LogP) is 4.41. The van der Waals surface area contributed by atoms with E-state index in [4.69, 9.17) is 9.47 Å². The number of carbonyl (C=O) groups is 2. The molecule has 0 unspecified atom stereocenters. The van der Waals surface area contributed by atoms with E-state index in [2.05, 4.69) is 5.32 Å². The van der Waals surface area contributed by atoms with Crippen molar-refractivity contribution in [2.45, 2.75) is 19.4 Å². The summed E-state index contributed by atoms with van der Waals surface area (Å²) in [6.07, 6.45) is 0. The minimum Gasteiger partial charge on any atom is -0.497 e. The van der Waals surface area contributed by atoms with Crippen LogP contribution in [0.5, 0.6) is 11.5 Å². The Labute approximate surface area is 196 Å². The van der Waals surface area contributed by atoms with Crippen molar-refractivity contribution in [2.75, 3.05) is 23.9 Å². The standard InChI is InChI=1S/C25H23N3O6/c1-25(2)24(30)26-20-6-4-5-7-21(20)27(25)23(29)15-34-22-13-10-17(28(31)32)14-19(22)16-8-11-18(33-3)12-9-16/h4-14H,15H2,1-3H3,(H,26,30). The number of nitro benzene ring substituents is 1. The molecule has 0 aliphatic carbocycles. The summed E-state index contributed by atoms with van der Waals surface area (Å²) >= 11 is 0. The molecule has 9 nitrogen and oxygen atoms in total. The van der Waals surface area contributed by atoms with Crippen molar-refractivity contribution in [3.63, 3.8) is 0 Å². The van der Waals surface area contributed by atoms with Gasteiger partial charge in [0, 0.05) is 17.7 Å². The summed E-state index contributed by atoms with van der Waals surface area (Å²) < 4.78 is 11.0. The van der Waals surface area contributed by atoms with Crippen LogP contribution in [0.15, 0.2) is 66.7 Å². The number of para-hydroxylation sites is 2. The van der Waals surface area contributed by atoms with Gasteiger partial charge < -0.3 is 14.8 Å². The first-order chi connectivity index (χ1) is 16.2. The number of benzene rings is 3. The largest absolute Gasteiger partial charge is 0.497 e. The molecule has 1 aliphatic heterocycles. The number of fused-ring (bicyclic) bond motifs is 1. The van der Waals surface area contributed by atoms with Gasteiger partial charge in [0.15, 0.2) is 6.61 Å². The van der Waals surface area contributed by atoms with E-state index in [1.807, 2.05) is 0 Å². The Morgan fingerprint density at radius 2 is 1.79 bits per heavy atom. The SMILES string of the molecule is COc1ccc(-c2cc([N+](=O)[O-])ccc2OCC(=O)N2c3ccccc3NC(=O)C2(C)C)cc1. The topological polar surface area (TPSA) is 111 Å². The van der Waals surface area contributed by atoms with Gasteiger partial charge in [-0.05, 0) is 49.7 Å². The number of anilines is 2. The molecule has 3 aromatic rings. The number of carbonyl (C=O) groups excluding carboxylic acids is 2. The van der Waals surface area contributed by atoms with Crippen LogP contribution in [-0.4, -0.2) is 36.0 Å². The fourth-order valence-electron chi connectivity index (χ4n) is 3.86. The third-order valence-electron chi connectivity index (χ3n) is 5.68. The molecule has 0 saturated carbocycles. The first kappa shape index (κ1) is 22.8. The van der Waals surface area contributed by atoms with Crippen LogP contribution < -0.4 is 19.7 Å². The third kappa shape index (κ3) is 4.15. The van der Waals surface area contributed by atoms with Crippen LogP contribution in [0.1, 0.15) is 13.8 Å². The highest BCUT2D eigenvalue weighted by Crippen LogP contribution is 2.38. The highest BCUT2D eigenvalue weighted by atomic mass is 16.6. The van der Waals surface area contributed by atoms with Crippen molar-refractivity contribution in [1.29, 1.82) is 0 Å². The van der Waals surface area contributed by atoms with Gasteiger partial charge in [0.25, 0.3) is 11.6 Å². The number of ether oxygens (including phenoxy) is 2. The van der Waals surface area contributed by atoms with Gasteiger partial charge >= 0.3 is 0 Å². The highest BCUT2D eigenvalue weighted by molar-refractivity contribution is 6.14. The molecule has 34 heavy (non-hydrogen) atoms. The fraction of sp³-hybridized carbons (Fsp3) is 0.200. The van der Waals surface area contributed by atoms with Gasteiger partial charge in [-0.1, -0.05) is 24.3 Å². The second-order valence-electron chi connectivity index (χ2n) is 8.21. The number of nitrogens with zero attached hydrogens (tertiary/aromatic N) is 2. The maximum absolute atomic E-state index is 13.3. The van der Waals surface area contributed by atoms with Gasteiger partial charge in [-0.3, -0.25) is 24.6 Å². The van der Waals surface area contributed by atoms with Gasteiger partial charge in [-0.25, -0.2) is 0 Å². The number of methoxy groups -OCH3 is 1. The molecule has 0 bridgehead atoms. The molecule has 0 saturated heterocycles. The average molecular weight is 461 g/mol. The zero-order valence-electron chi connectivity index (χ0n) is 18.9. The Balaban J connectivity index is 1.65. The summed E-state index contributed by atoms with van der Waals surface area (Å²) in [5, 5.41) is 14.2.